The first-order chi connectivity index (χ1) is 13.5. The van der Waals surface area contributed by atoms with Crippen LogP contribution in [0.25, 0.3) is 11.3 Å². The van der Waals surface area contributed by atoms with Crippen molar-refractivity contribution in [3.63, 3.8) is 0 Å². The van der Waals surface area contributed by atoms with Crippen molar-refractivity contribution in [1.82, 2.24) is 14.9 Å². The zero-order valence-electron chi connectivity index (χ0n) is 15.4. The number of nitrogens with one attached hydrogen (secondary N) is 2. The van der Waals surface area contributed by atoms with E-state index in [0.717, 1.165) is 35.6 Å². The third-order valence-corrected chi connectivity index (χ3v) is 5.19. The molecule has 2 aromatic carbocycles. The molecule has 0 bridgehead atoms. The highest BCUT2D eigenvalue weighted by molar-refractivity contribution is 6.30. The van der Waals surface area contributed by atoms with E-state index >= 15 is 0 Å². The number of aromatic amines is 1. The number of hydrogen-bond acceptors (Lipinski definition) is 2. The van der Waals surface area contributed by atoms with Gasteiger partial charge in [-0.05, 0) is 38.0 Å². The molecule has 0 spiro atoms. The molecule has 3 aromatic rings. The number of likely N-dealkylation sites (tertiary alicyclic amines) is 1. The Morgan fingerprint density at radius 1 is 1.29 bits per heavy atom. The van der Waals surface area contributed by atoms with Crippen LogP contribution < -0.4 is 5.32 Å². The molecule has 2 heterocycles. The Bertz CT molecular complexity index is 1000. The quantitative estimate of drug-likeness (QED) is 0.607. The van der Waals surface area contributed by atoms with Gasteiger partial charge in [0.2, 0.25) is 0 Å². The number of carbonyl (C=O) groups excluding carboxylic acids is 1. The van der Waals surface area contributed by atoms with Crippen LogP contribution in [0, 0.1) is 12.7 Å². The van der Waals surface area contributed by atoms with Crippen LogP contribution >= 0.6 is 11.6 Å². The van der Waals surface area contributed by atoms with Crippen molar-refractivity contribution >= 4 is 23.3 Å². The summed E-state index contributed by atoms with van der Waals surface area (Å²) in [5, 5.41) is 2.93. The number of H-pyrrole nitrogens is 1. The Hall–Kier alpha value is -2.86. The maximum absolute atomic E-state index is 14.0. The monoisotopic (exact) mass is 398 g/mol. The number of aromatic nitrogens is 2. The molecular weight excluding hydrogens is 379 g/mol. The molecule has 5 nitrogen and oxygen atoms in total. The summed E-state index contributed by atoms with van der Waals surface area (Å²) in [4.78, 5) is 22.6. The summed E-state index contributed by atoms with van der Waals surface area (Å²) in [5.74, 6) is 0.192. The van der Waals surface area contributed by atoms with Crippen LogP contribution in [-0.2, 0) is 0 Å². The lowest BCUT2D eigenvalue weighted by molar-refractivity contribution is 0.205. The van der Waals surface area contributed by atoms with Gasteiger partial charge in [0.15, 0.2) is 0 Å². The number of benzene rings is 2. The molecule has 0 radical (unpaired) electrons. The van der Waals surface area contributed by atoms with E-state index < -0.39 is 5.82 Å². The third kappa shape index (κ3) is 3.60. The normalized spacial score (nSPS) is 16.4. The summed E-state index contributed by atoms with van der Waals surface area (Å²) in [6.45, 7) is 2.56. The van der Waals surface area contributed by atoms with Crippen molar-refractivity contribution in [3.05, 3.63) is 70.9 Å². The van der Waals surface area contributed by atoms with Crippen LogP contribution in [0.1, 0.15) is 30.4 Å². The molecule has 2 N–H and O–H groups in total. The molecule has 1 saturated heterocycles. The number of aryl methyl sites for hydroxylation is 1. The SMILES string of the molecule is Cc1[nH]c(C2CCCN2C(=O)Nc2ccc(Cl)cc2F)nc1-c1ccccc1. The van der Waals surface area contributed by atoms with Gasteiger partial charge in [-0.3, -0.25) is 0 Å². The molecule has 0 saturated carbocycles. The average Bonchev–Trinajstić information content (AvgIpc) is 3.31. The van der Waals surface area contributed by atoms with Crippen molar-refractivity contribution in [2.45, 2.75) is 25.8 Å². The predicted molar refractivity (Wildman–Crippen MR) is 108 cm³/mol. The van der Waals surface area contributed by atoms with E-state index in [4.69, 9.17) is 16.6 Å². The second kappa shape index (κ2) is 7.64. The van der Waals surface area contributed by atoms with E-state index in [9.17, 15) is 9.18 Å². The zero-order chi connectivity index (χ0) is 19.7. The first-order valence-electron chi connectivity index (χ1n) is 9.17. The van der Waals surface area contributed by atoms with Gasteiger partial charge in [0, 0.05) is 22.8 Å². The highest BCUT2D eigenvalue weighted by atomic mass is 35.5. The fourth-order valence-corrected chi connectivity index (χ4v) is 3.75. The van der Waals surface area contributed by atoms with Gasteiger partial charge in [0.05, 0.1) is 17.4 Å². The third-order valence-electron chi connectivity index (χ3n) is 4.95. The maximum Gasteiger partial charge on any atom is 0.322 e. The standard InChI is InChI=1S/C21H20ClFN4O/c1-13-19(14-6-3-2-4-7-14)26-20(24-13)18-8-5-11-27(18)21(28)25-17-10-9-15(22)12-16(17)23/h2-4,6-7,9-10,12,18H,5,8,11H2,1H3,(H,24,26)(H,25,28). The zero-order valence-corrected chi connectivity index (χ0v) is 16.1. The Labute approximate surface area is 167 Å². The molecule has 4 rings (SSSR count). The number of halogens is 2. The lowest BCUT2D eigenvalue weighted by atomic mass is 10.1. The minimum atomic E-state index is -0.559. The van der Waals surface area contributed by atoms with Crippen LogP contribution in [0.15, 0.2) is 48.5 Å². The number of rotatable bonds is 3. The second-order valence-electron chi connectivity index (χ2n) is 6.87. The van der Waals surface area contributed by atoms with Crippen molar-refractivity contribution in [2.75, 3.05) is 11.9 Å². The van der Waals surface area contributed by atoms with Crippen LogP contribution in [0.5, 0.6) is 0 Å². The number of hydrogen-bond donors (Lipinski definition) is 2. The lowest BCUT2D eigenvalue weighted by Crippen LogP contribution is -2.35. The summed E-state index contributed by atoms with van der Waals surface area (Å²) in [5.41, 5.74) is 2.98. The number of amides is 2. The molecule has 0 aliphatic carbocycles. The number of anilines is 1. The van der Waals surface area contributed by atoms with Gasteiger partial charge in [-0.2, -0.15) is 0 Å². The molecule has 1 aliphatic heterocycles. The highest BCUT2D eigenvalue weighted by Gasteiger charge is 2.33. The lowest BCUT2D eigenvalue weighted by Gasteiger charge is -2.23. The van der Waals surface area contributed by atoms with Crippen molar-refractivity contribution in [1.29, 1.82) is 0 Å². The average molecular weight is 399 g/mol. The molecule has 1 atom stereocenters. The number of carbonyl (C=O) groups is 1. The molecule has 144 valence electrons. The van der Waals surface area contributed by atoms with E-state index in [1.807, 2.05) is 37.3 Å². The van der Waals surface area contributed by atoms with Gasteiger partial charge in [-0.15, -0.1) is 0 Å². The van der Waals surface area contributed by atoms with Gasteiger partial charge in [0.1, 0.15) is 11.6 Å². The molecule has 7 heteroatoms. The van der Waals surface area contributed by atoms with Crippen LogP contribution in [0.2, 0.25) is 5.02 Å². The number of imidazole rings is 1. The molecule has 2 amide bonds. The molecular formula is C21H20ClFN4O. The predicted octanol–water partition coefficient (Wildman–Crippen LogP) is 5.55. The number of nitrogens with zero attached hydrogens (tertiary/aromatic N) is 2. The molecule has 1 fully saturated rings. The van der Waals surface area contributed by atoms with Crippen molar-refractivity contribution in [2.24, 2.45) is 0 Å². The molecule has 1 unspecified atom stereocenters. The Morgan fingerprint density at radius 3 is 2.82 bits per heavy atom. The first kappa shape index (κ1) is 18.5. The van der Waals surface area contributed by atoms with Gasteiger partial charge in [-0.1, -0.05) is 41.9 Å². The smallest absolute Gasteiger partial charge is 0.322 e. The highest BCUT2D eigenvalue weighted by Crippen LogP contribution is 2.33. The summed E-state index contributed by atoms with van der Waals surface area (Å²) >= 11 is 5.78. The van der Waals surface area contributed by atoms with E-state index in [2.05, 4.69) is 10.3 Å². The number of urea groups is 1. The fourth-order valence-electron chi connectivity index (χ4n) is 3.59. The van der Waals surface area contributed by atoms with E-state index in [-0.39, 0.29) is 22.8 Å². The van der Waals surface area contributed by atoms with E-state index in [0.29, 0.717) is 6.54 Å². The molecule has 1 aromatic heterocycles. The van der Waals surface area contributed by atoms with E-state index in [1.165, 1.54) is 12.1 Å². The summed E-state index contributed by atoms with van der Waals surface area (Å²) < 4.78 is 14.0. The van der Waals surface area contributed by atoms with Crippen molar-refractivity contribution in [3.8, 4) is 11.3 Å². The van der Waals surface area contributed by atoms with Crippen molar-refractivity contribution < 1.29 is 9.18 Å². The Balaban J connectivity index is 1.56. The van der Waals surface area contributed by atoms with Gasteiger partial charge < -0.3 is 15.2 Å². The van der Waals surface area contributed by atoms with Gasteiger partial charge in [0.25, 0.3) is 0 Å². The Morgan fingerprint density at radius 2 is 2.07 bits per heavy atom. The fraction of sp³-hybridized carbons (Fsp3) is 0.238. The first-order valence-corrected chi connectivity index (χ1v) is 9.55. The summed E-state index contributed by atoms with van der Waals surface area (Å²) in [6.07, 6.45) is 1.67. The Kier molecular flexibility index (Phi) is 5.05. The maximum atomic E-state index is 14.0. The van der Waals surface area contributed by atoms with Gasteiger partial charge >= 0.3 is 6.03 Å². The van der Waals surface area contributed by atoms with Crippen LogP contribution in [-0.4, -0.2) is 27.4 Å². The largest absolute Gasteiger partial charge is 0.344 e. The molecule has 1 aliphatic rings. The van der Waals surface area contributed by atoms with Crippen LogP contribution in [0.4, 0.5) is 14.9 Å². The van der Waals surface area contributed by atoms with E-state index in [1.54, 1.807) is 11.0 Å². The van der Waals surface area contributed by atoms with Crippen LogP contribution in [0.3, 0.4) is 0 Å². The minimum absolute atomic E-state index is 0.112. The summed E-state index contributed by atoms with van der Waals surface area (Å²) in [7, 11) is 0. The topological polar surface area (TPSA) is 61.0 Å². The second-order valence-corrected chi connectivity index (χ2v) is 7.30. The summed E-state index contributed by atoms with van der Waals surface area (Å²) in [6, 6.07) is 13.6. The molecule has 28 heavy (non-hydrogen) atoms. The minimum Gasteiger partial charge on any atom is -0.344 e. The van der Waals surface area contributed by atoms with Gasteiger partial charge in [-0.25, -0.2) is 14.2 Å².